The standard InChI is InChI=1S/C14H10.C3H6/c1-2-6-12-10-14-8-4-3-7-13(14)9-11(12)5-1;1-3-2/h1-10H;3H,1H2,2H3. The van der Waals surface area contributed by atoms with Crippen LogP contribution in [-0.4, -0.2) is 0 Å². The summed E-state index contributed by atoms with van der Waals surface area (Å²) in [4.78, 5) is 0. The smallest absolute Gasteiger partial charge is 0.0178 e. The highest BCUT2D eigenvalue weighted by Gasteiger charge is 1.95. The van der Waals surface area contributed by atoms with Crippen molar-refractivity contribution in [3.63, 3.8) is 0 Å². The molecule has 0 heteroatoms. The second-order valence-corrected chi connectivity index (χ2v) is 3.95. The molecule has 0 atom stereocenters. The first kappa shape index (κ1) is 11.4. The maximum Gasteiger partial charge on any atom is -0.0178 e. The molecule has 0 aliphatic carbocycles. The van der Waals surface area contributed by atoms with E-state index in [0.717, 1.165) is 0 Å². The van der Waals surface area contributed by atoms with E-state index in [4.69, 9.17) is 0 Å². The van der Waals surface area contributed by atoms with Gasteiger partial charge in [0.05, 0.1) is 0 Å². The average molecular weight is 220 g/mol. The maximum atomic E-state index is 3.36. The van der Waals surface area contributed by atoms with E-state index in [1.807, 2.05) is 6.92 Å². The van der Waals surface area contributed by atoms with Gasteiger partial charge >= 0.3 is 0 Å². The van der Waals surface area contributed by atoms with Crippen molar-refractivity contribution in [3.05, 3.63) is 73.3 Å². The molecule has 0 saturated carbocycles. The highest BCUT2D eigenvalue weighted by Crippen LogP contribution is 2.21. The summed E-state index contributed by atoms with van der Waals surface area (Å²) in [6.45, 7) is 5.25. The number of allylic oxidation sites excluding steroid dienone is 1. The van der Waals surface area contributed by atoms with Gasteiger partial charge in [-0.05, 0) is 40.6 Å². The normalized spacial score (nSPS) is 9.71. The minimum absolute atomic E-state index is 1.31. The molecule has 0 bridgehead atoms. The molecular weight excluding hydrogens is 204 g/mol. The van der Waals surface area contributed by atoms with Crippen LogP contribution in [0.5, 0.6) is 0 Å². The zero-order valence-electron chi connectivity index (χ0n) is 10.1. The van der Waals surface area contributed by atoms with E-state index in [2.05, 4.69) is 67.2 Å². The van der Waals surface area contributed by atoms with Crippen molar-refractivity contribution in [1.82, 2.24) is 0 Å². The Morgan fingerprint density at radius 2 is 0.941 bits per heavy atom. The summed E-state index contributed by atoms with van der Waals surface area (Å²) >= 11 is 0. The van der Waals surface area contributed by atoms with E-state index in [9.17, 15) is 0 Å². The van der Waals surface area contributed by atoms with Crippen molar-refractivity contribution < 1.29 is 0 Å². The van der Waals surface area contributed by atoms with Gasteiger partial charge in [0.2, 0.25) is 0 Å². The van der Waals surface area contributed by atoms with Gasteiger partial charge in [0, 0.05) is 0 Å². The molecule has 17 heavy (non-hydrogen) atoms. The molecule has 0 amide bonds. The third kappa shape index (κ3) is 2.54. The monoisotopic (exact) mass is 220 g/mol. The molecule has 3 aromatic rings. The third-order valence-corrected chi connectivity index (χ3v) is 2.61. The molecule has 0 unspecified atom stereocenters. The first-order chi connectivity index (χ1) is 8.35. The number of benzene rings is 3. The summed E-state index contributed by atoms with van der Waals surface area (Å²) in [6.07, 6.45) is 1.75. The lowest BCUT2D eigenvalue weighted by Gasteiger charge is -2.00. The van der Waals surface area contributed by atoms with Crippen molar-refractivity contribution in [1.29, 1.82) is 0 Å². The van der Waals surface area contributed by atoms with Gasteiger partial charge in [-0.1, -0.05) is 54.6 Å². The zero-order chi connectivity index (χ0) is 12.1. The van der Waals surface area contributed by atoms with Crippen LogP contribution in [0.2, 0.25) is 0 Å². The summed E-state index contributed by atoms with van der Waals surface area (Å²) in [5, 5.41) is 5.25. The second kappa shape index (κ2) is 5.31. The fourth-order valence-corrected chi connectivity index (χ4v) is 1.88. The van der Waals surface area contributed by atoms with Gasteiger partial charge in [-0.15, -0.1) is 6.58 Å². The summed E-state index contributed by atoms with van der Waals surface area (Å²) in [5.74, 6) is 0. The predicted molar refractivity (Wildman–Crippen MR) is 77.3 cm³/mol. The quantitative estimate of drug-likeness (QED) is 0.361. The van der Waals surface area contributed by atoms with Crippen molar-refractivity contribution in [2.45, 2.75) is 6.92 Å². The predicted octanol–water partition coefficient (Wildman–Crippen LogP) is 5.19. The molecule has 0 spiro atoms. The zero-order valence-corrected chi connectivity index (χ0v) is 10.1. The molecule has 0 N–H and O–H groups in total. The lowest BCUT2D eigenvalue weighted by Crippen LogP contribution is -1.74. The lowest BCUT2D eigenvalue weighted by atomic mass is 10.0. The Bertz CT molecular complexity index is 530. The van der Waals surface area contributed by atoms with Crippen LogP contribution in [0.3, 0.4) is 0 Å². The largest absolute Gasteiger partial charge is 0.103 e. The van der Waals surface area contributed by atoms with E-state index >= 15 is 0 Å². The Balaban J connectivity index is 0.000000329. The average Bonchev–Trinajstić information content (AvgIpc) is 2.37. The summed E-state index contributed by atoms with van der Waals surface area (Å²) in [5.41, 5.74) is 0. The summed E-state index contributed by atoms with van der Waals surface area (Å²) < 4.78 is 0. The van der Waals surface area contributed by atoms with Gasteiger partial charge in [-0.3, -0.25) is 0 Å². The van der Waals surface area contributed by atoms with Gasteiger partial charge in [-0.25, -0.2) is 0 Å². The van der Waals surface area contributed by atoms with Crippen LogP contribution in [0.25, 0.3) is 21.5 Å². The maximum absolute atomic E-state index is 3.36. The van der Waals surface area contributed by atoms with Crippen molar-refractivity contribution in [3.8, 4) is 0 Å². The van der Waals surface area contributed by atoms with E-state index in [0.29, 0.717) is 0 Å². The van der Waals surface area contributed by atoms with Crippen LogP contribution in [0.1, 0.15) is 6.92 Å². The molecule has 0 fully saturated rings. The molecule has 0 aliphatic heterocycles. The van der Waals surface area contributed by atoms with E-state index in [-0.39, 0.29) is 0 Å². The third-order valence-electron chi connectivity index (χ3n) is 2.61. The van der Waals surface area contributed by atoms with Gasteiger partial charge in [-0.2, -0.15) is 0 Å². The summed E-state index contributed by atoms with van der Waals surface area (Å²) in [7, 11) is 0. The molecule has 0 nitrogen and oxygen atoms in total. The summed E-state index contributed by atoms with van der Waals surface area (Å²) in [6, 6.07) is 21.4. The minimum Gasteiger partial charge on any atom is -0.103 e. The minimum atomic E-state index is 1.31. The number of hydrogen-bond donors (Lipinski definition) is 0. The highest BCUT2D eigenvalue weighted by molar-refractivity contribution is 5.98. The molecule has 0 aliphatic rings. The first-order valence-corrected chi connectivity index (χ1v) is 5.79. The molecule has 0 heterocycles. The number of fused-ring (bicyclic) bond motifs is 2. The van der Waals surface area contributed by atoms with Crippen molar-refractivity contribution >= 4 is 21.5 Å². The van der Waals surface area contributed by atoms with Gasteiger partial charge in [0.25, 0.3) is 0 Å². The van der Waals surface area contributed by atoms with Gasteiger partial charge in [0.1, 0.15) is 0 Å². The van der Waals surface area contributed by atoms with Crippen LogP contribution >= 0.6 is 0 Å². The van der Waals surface area contributed by atoms with Crippen molar-refractivity contribution in [2.24, 2.45) is 0 Å². The molecule has 3 aromatic carbocycles. The van der Waals surface area contributed by atoms with Gasteiger partial charge < -0.3 is 0 Å². The van der Waals surface area contributed by atoms with E-state index < -0.39 is 0 Å². The SMILES string of the molecule is C=CC.c1ccc2cc3ccccc3cc2c1. The van der Waals surface area contributed by atoms with Crippen molar-refractivity contribution in [2.75, 3.05) is 0 Å². The van der Waals surface area contributed by atoms with E-state index in [1.54, 1.807) is 6.08 Å². The van der Waals surface area contributed by atoms with Crippen LogP contribution < -0.4 is 0 Å². The fourth-order valence-electron chi connectivity index (χ4n) is 1.88. The Kier molecular flexibility index (Phi) is 3.56. The Labute approximate surface area is 102 Å². The number of hydrogen-bond acceptors (Lipinski definition) is 0. The van der Waals surface area contributed by atoms with E-state index in [1.165, 1.54) is 21.5 Å². The van der Waals surface area contributed by atoms with Crippen LogP contribution in [0.4, 0.5) is 0 Å². The molecular formula is C17H16. The Morgan fingerprint density at radius 1 is 0.706 bits per heavy atom. The first-order valence-electron chi connectivity index (χ1n) is 5.79. The fraction of sp³-hybridized carbons (Fsp3) is 0.0588. The molecule has 0 aromatic heterocycles. The highest BCUT2D eigenvalue weighted by atomic mass is 14.0. The molecule has 84 valence electrons. The van der Waals surface area contributed by atoms with Gasteiger partial charge in [0.15, 0.2) is 0 Å². The Hall–Kier alpha value is -2.08. The van der Waals surface area contributed by atoms with Crippen LogP contribution in [0.15, 0.2) is 73.3 Å². The molecule has 3 rings (SSSR count). The van der Waals surface area contributed by atoms with Crippen LogP contribution in [-0.2, 0) is 0 Å². The number of rotatable bonds is 0. The Morgan fingerprint density at radius 3 is 1.18 bits per heavy atom. The second-order valence-electron chi connectivity index (χ2n) is 3.95. The topological polar surface area (TPSA) is 0 Å². The van der Waals surface area contributed by atoms with Crippen LogP contribution in [0, 0.1) is 0 Å². The molecule has 0 radical (unpaired) electrons. The molecule has 0 saturated heterocycles. The lowest BCUT2D eigenvalue weighted by molar-refractivity contribution is 1.76.